The van der Waals surface area contributed by atoms with Gasteiger partial charge in [0.05, 0.1) is 30.3 Å². The average molecular weight is 390 g/mol. The number of aromatic nitrogens is 5. The zero-order chi connectivity index (χ0) is 19.1. The van der Waals surface area contributed by atoms with Gasteiger partial charge >= 0.3 is 0 Å². The molecule has 0 amide bonds. The number of hydrogen-bond acceptors (Lipinski definition) is 4. The van der Waals surface area contributed by atoms with Crippen molar-refractivity contribution >= 4 is 33.8 Å². The highest BCUT2D eigenvalue weighted by Crippen LogP contribution is 2.23. The van der Waals surface area contributed by atoms with Crippen LogP contribution in [-0.4, -0.2) is 24.5 Å². The van der Waals surface area contributed by atoms with E-state index in [1.54, 1.807) is 35.4 Å². The maximum atomic E-state index is 14.6. The van der Waals surface area contributed by atoms with Gasteiger partial charge in [0.2, 0.25) is 0 Å². The number of nitrogens with zero attached hydrogens (tertiary/aromatic N) is 5. The second-order valence-corrected chi connectivity index (χ2v) is 6.86. The summed E-state index contributed by atoms with van der Waals surface area (Å²) in [4.78, 5) is 17.5. The Morgan fingerprint density at radius 2 is 1.93 bits per heavy atom. The monoisotopic (exact) mass is 389 g/mol. The molecular formula is C21H13ClFN5. The number of fused-ring (bicyclic) bond motifs is 2. The summed E-state index contributed by atoms with van der Waals surface area (Å²) in [6.45, 7) is 0.293. The number of imidazole rings is 1. The van der Waals surface area contributed by atoms with Gasteiger partial charge in [-0.05, 0) is 24.3 Å². The summed E-state index contributed by atoms with van der Waals surface area (Å²) in [5.74, 6) is -0.313. The van der Waals surface area contributed by atoms with Crippen LogP contribution in [0.5, 0.6) is 0 Å². The molecule has 0 spiro atoms. The quantitative estimate of drug-likeness (QED) is 0.441. The third-order valence-corrected chi connectivity index (χ3v) is 4.79. The first-order valence-corrected chi connectivity index (χ1v) is 9.02. The summed E-state index contributed by atoms with van der Waals surface area (Å²) >= 11 is 6.08. The van der Waals surface area contributed by atoms with Crippen LogP contribution in [-0.2, 0) is 6.54 Å². The summed E-state index contributed by atoms with van der Waals surface area (Å²) in [6.07, 6.45) is 4.94. The Morgan fingerprint density at radius 1 is 1.00 bits per heavy atom. The molecule has 0 atom stereocenters. The molecular weight excluding hydrogens is 377 g/mol. The molecule has 136 valence electrons. The smallest absolute Gasteiger partial charge is 0.197 e. The van der Waals surface area contributed by atoms with Gasteiger partial charge in [-0.1, -0.05) is 29.8 Å². The van der Waals surface area contributed by atoms with Crippen molar-refractivity contribution in [2.45, 2.75) is 6.54 Å². The molecule has 0 saturated heterocycles. The highest BCUT2D eigenvalue weighted by molar-refractivity contribution is 6.30. The van der Waals surface area contributed by atoms with E-state index in [1.165, 1.54) is 6.07 Å². The fraction of sp³-hybridized carbons (Fsp3) is 0.0476. The van der Waals surface area contributed by atoms with Crippen LogP contribution in [0, 0.1) is 5.82 Å². The minimum Gasteiger partial charge on any atom is -0.309 e. The largest absolute Gasteiger partial charge is 0.309 e. The third kappa shape index (κ3) is 2.97. The number of rotatable bonds is 3. The number of hydrogen-bond donors (Lipinski definition) is 0. The molecule has 7 heteroatoms. The van der Waals surface area contributed by atoms with E-state index in [0.29, 0.717) is 39.6 Å². The molecule has 0 unspecified atom stereocenters. The molecule has 0 aliphatic heterocycles. The summed E-state index contributed by atoms with van der Waals surface area (Å²) in [5, 5.41) is 1.51. The molecule has 0 aliphatic rings. The van der Waals surface area contributed by atoms with Crippen LogP contribution in [0.25, 0.3) is 33.5 Å². The van der Waals surface area contributed by atoms with Gasteiger partial charge in [0.15, 0.2) is 11.3 Å². The average Bonchev–Trinajstić information content (AvgIpc) is 3.10. The van der Waals surface area contributed by atoms with E-state index in [-0.39, 0.29) is 5.82 Å². The third-order valence-electron chi connectivity index (χ3n) is 4.56. The standard InChI is InChI=1S/C21H13ClFN5/c22-16-5-1-3-14(8-16)19-10-25-20-21(27-19)28(12-26-20)11-15-7-13-4-2-6-24-18(13)9-17(15)23/h1-10,12H,11H2. The molecule has 5 aromatic rings. The first kappa shape index (κ1) is 16.8. The van der Waals surface area contributed by atoms with E-state index < -0.39 is 0 Å². The molecule has 0 N–H and O–H groups in total. The Bertz CT molecular complexity index is 1330. The Balaban J connectivity index is 1.58. The van der Waals surface area contributed by atoms with Gasteiger partial charge < -0.3 is 4.57 Å². The minimum absolute atomic E-state index is 0.293. The van der Waals surface area contributed by atoms with Crippen LogP contribution in [0.2, 0.25) is 5.02 Å². The van der Waals surface area contributed by atoms with E-state index >= 15 is 0 Å². The Labute approximate surface area is 164 Å². The fourth-order valence-electron chi connectivity index (χ4n) is 3.19. The Kier molecular flexibility index (Phi) is 3.98. The SMILES string of the molecule is Fc1cc2ncccc2cc1Cn1cnc2ncc(-c3cccc(Cl)c3)nc21. The van der Waals surface area contributed by atoms with E-state index in [0.717, 1.165) is 10.9 Å². The van der Waals surface area contributed by atoms with Crippen molar-refractivity contribution in [3.05, 3.63) is 83.7 Å². The van der Waals surface area contributed by atoms with Crippen LogP contribution in [0.1, 0.15) is 5.56 Å². The van der Waals surface area contributed by atoms with Crippen LogP contribution in [0.3, 0.4) is 0 Å². The lowest BCUT2D eigenvalue weighted by atomic mass is 10.1. The van der Waals surface area contributed by atoms with Gasteiger partial charge in [-0.2, -0.15) is 0 Å². The number of benzene rings is 2. The predicted molar refractivity (Wildman–Crippen MR) is 107 cm³/mol. The van der Waals surface area contributed by atoms with Crippen molar-refractivity contribution in [1.29, 1.82) is 0 Å². The van der Waals surface area contributed by atoms with Gasteiger partial charge in [0.1, 0.15) is 5.82 Å². The normalized spacial score (nSPS) is 11.4. The fourth-order valence-corrected chi connectivity index (χ4v) is 3.38. The molecule has 5 rings (SSSR count). The summed E-state index contributed by atoms with van der Waals surface area (Å²) in [5.41, 5.74) is 3.80. The Morgan fingerprint density at radius 3 is 2.82 bits per heavy atom. The molecule has 28 heavy (non-hydrogen) atoms. The lowest BCUT2D eigenvalue weighted by Crippen LogP contribution is -2.03. The van der Waals surface area contributed by atoms with Gasteiger partial charge in [-0.25, -0.2) is 19.3 Å². The van der Waals surface area contributed by atoms with Crippen LogP contribution < -0.4 is 0 Å². The van der Waals surface area contributed by atoms with E-state index in [2.05, 4.69) is 19.9 Å². The van der Waals surface area contributed by atoms with Crippen LogP contribution >= 0.6 is 11.6 Å². The van der Waals surface area contributed by atoms with Crippen LogP contribution in [0.15, 0.2) is 67.3 Å². The Hall–Kier alpha value is -3.38. The van der Waals surface area contributed by atoms with E-state index in [4.69, 9.17) is 11.6 Å². The van der Waals surface area contributed by atoms with Crippen molar-refractivity contribution in [2.24, 2.45) is 0 Å². The van der Waals surface area contributed by atoms with Crippen molar-refractivity contribution in [1.82, 2.24) is 24.5 Å². The van der Waals surface area contributed by atoms with E-state index in [9.17, 15) is 4.39 Å². The summed E-state index contributed by atoms with van der Waals surface area (Å²) < 4.78 is 16.4. The first-order valence-electron chi connectivity index (χ1n) is 8.64. The molecule has 0 radical (unpaired) electrons. The van der Waals surface area contributed by atoms with Crippen molar-refractivity contribution in [2.75, 3.05) is 0 Å². The first-order chi connectivity index (χ1) is 13.7. The molecule has 5 nitrogen and oxygen atoms in total. The van der Waals surface area contributed by atoms with Gasteiger partial charge in [-0.3, -0.25) is 4.98 Å². The maximum Gasteiger partial charge on any atom is 0.197 e. The van der Waals surface area contributed by atoms with Gasteiger partial charge in [-0.15, -0.1) is 0 Å². The zero-order valence-corrected chi connectivity index (χ0v) is 15.3. The number of halogens is 2. The van der Waals surface area contributed by atoms with Gasteiger partial charge in [0.25, 0.3) is 0 Å². The minimum atomic E-state index is -0.313. The second-order valence-electron chi connectivity index (χ2n) is 6.42. The second kappa shape index (κ2) is 6.65. The topological polar surface area (TPSA) is 56.5 Å². The van der Waals surface area contributed by atoms with Crippen LogP contribution in [0.4, 0.5) is 4.39 Å². The number of pyridine rings is 1. The molecule has 0 fully saturated rings. The van der Waals surface area contributed by atoms with Crippen molar-refractivity contribution < 1.29 is 4.39 Å². The molecule has 2 aromatic carbocycles. The molecule has 0 saturated carbocycles. The van der Waals surface area contributed by atoms with E-state index in [1.807, 2.05) is 30.3 Å². The highest BCUT2D eigenvalue weighted by Gasteiger charge is 2.12. The summed E-state index contributed by atoms with van der Waals surface area (Å²) in [6, 6.07) is 14.4. The maximum absolute atomic E-state index is 14.6. The van der Waals surface area contributed by atoms with Crippen molar-refractivity contribution in [3.63, 3.8) is 0 Å². The zero-order valence-electron chi connectivity index (χ0n) is 14.5. The molecule has 3 aromatic heterocycles. The highest BCUT2D eigenvalue weighted by atomic mass is 35.5. The lowest BCUT2D eigenvalue weighted by Gasteiger charge is -2.08. The summed E-state index contributed by atoms with van der Waals surface area (Å²) in [7, 11) is 0. The molecule has 0 aliphatic carbocycles. The predicted octanol–water partition coefficient (Wildman–Crippen LogP) is 4.88. The molecule has 3 heterocycles. The molecule has 0 bridgehead atoms. The van der Waals surface area contributed by atoms with Gasteiger partial charge in [0, 0.05) is 33.8 Å². The van der Waals surface area contributed by atoms with Crippen molar-refractivity contribution in [3.8, 4) is 11.3 Å². The lowest BCUT2D eigenvalue weighted by molar-refractivity contribution is 0.603.